The molecule has 0 radical (unpaired) electrons. The summed E-state index contributed by atoms with van der Waals surface area (Å²) in [6.45, 7) is 1.25. The van der Waals surface area contributed by atoms with Crippen molar-refractivity contribution in [3.63, 3.8) is 0 Å². The van der Waals surface area contributed by atoms with Crippen molar-refractivity contribution in [1.82, 2.24) is 25.4 Å². The van der Waals surface area contributed by atoms with Gasteiger partial charge in [-0.2, -0.15) is 5.10 Å². The number of H-pyrrole nitrogens is 1. The number of pyridine rings is 1. The molecule has 0 atom stereocenters. The maximum absolute atomic E-state index is 12.4. The van der Waals surface area contributed by atoms with Crippen LogP contribution in [0.25, 0.3) is 0 Å². The lowest BCUT2D eigenvalue weighted by Crippen LogP contribution is -2.36. The van der Waals surface area contributed by atoms with Crippen molar-refractivity contribution in [3.05, 3.63) is 77.2 Å². The van der Waals surface area contributed by atoms with Crippen molar-refractivity contribution in [2.24, 2.45) is 0 Å². The number of carbonyl (C=O) groups excluding carboxylic acids is 2. The molecule has 8 heteroatoms. The molecule has 0 aliphatic carbocycles. The molecular weight excluding hydrogens is 344 g/mol. The number of amides is 3. The minimum absolute atomic E-state index is 0.164. The van der Waals surface area contributed by atoms with Gasteiger partial charge in [-0.15, -0.1) is 0 Å². The third-order valence-corrected chi connectivity index (χ3v) is 4.40. The average molecular weight is 362 g/mol. The molecule has 3 amide bonds. The fraction of sp³-hybridized carbons (Fsp3) is 0.158. The third-order valence-electron chi connectivity index (χ3n) is 4.40. The Bertz CT molecular complexity index is 955. The summed E-state index contributed by atoms with van der Waals surface area (Å²) < 4.78 is 0. The summed E-state index contributed by atoms with van der Waals surface area (Å²) >= 11 is 0. The Morgan fingerprint density at radius 1 is 1.07 bits per heavy atom. The van der Waals surface area contributed by atoms with Gasteiger partial charge in [0.15, 0.2) is 0 Å². The first-order valence-corrected chi connectivity index (χ1v) is 8.55. The number of nitrogens with one attached hydrogen (secondary N) is 3. The summed E-state index contributed by atoms with van der Waals surface area (Å²) in [4.78, 5) is 30.3. The molecule has 1 aromatic carbocycles. The lowest BCUT2D eigenvalue weighted by Gasteiger charge is -2.17. The van der Waals surface area contributed by atoms with Gasteiger partial charge < -0.3 is 15.5 Å². The fourth-order valence-electron chi connectivity index (χ4n) is 2.95. The van der Waals surface area contributed by atoms with Crippen molar-refractivity contribution in [3.8, 4) is 0 Å². The van der Waals surface area contributed by atoms with Gasteiger partial charge in [0.2, 0.25) is 0 Å². The lowest BCUT2D eigenvalue weighted by molar-refractivity contribution is 0.102. The number of aromatic nitrogens is 3. The number of aromatic amines is 1. The van der Waals surface area contributed by atoms with Crippen molar-refractivity contribution in [1.29, 1.82) is 0 Å². The highest BCUT2D eigenvalue weighted by Gasteiger charge is 2.29. The molecule has 3 heterocycles. The zero-order valence-corrected chi connectivity index (χ0v) is 14.5. The van der Waals surface area contributed by atoms with Crippen LogP contribution >= 0.6 is 0 Å². The van der Waals surface area contributed by atoms with Gasteiger partial charge in [-0.05, 0) is 17.7 Å². The molecule has 0 fully saturated rings. The Morgan fingerprint density at radius 3 is 2.63 bits per heavy atom. The molecule has 1 aliphatic heterocycles. The maximum atomic E-state index is 12.4. The van der Waals surface area contributed by atoms with E-state index in [-0.39, 0.29) is 11.9 Å². The molecule has 3 N–H and O–H groups in total. The molecule has 4 rings (SSSR count). The summed E-state index contributed by atoms with van der Waals surface area (Å²) in [6.07, 6.45) is 3.12. The molecule has 3 aromatic rings. The predicted octanol–water partition coefficient (Wildman–Crippen LogP) is 2.28. The average Bonchev–Trinajstić information content (AvgIpc) is 3.29. The highest BCUT2D eigenvalue weighted by atomic mass is 16.2. The summed E-state index contributed by atoms with van der Waals surface area (Å²) in [5.74, 6) is 0.265. The number of rotatable bonds is 4. The summed E-state index contributed by atoms with van der Waals surface area (Å²) in [6, 6.07) is 12.8. The Kier molecular flexibility index (Phi) is 4.52. The van der Waals surface area contributed by atoms with Gasteiger partial charge in [0.25, 0.3) is 5.91 Å². The smallest absolute Gasteiger partial charge is 0.318 e. The van der Waals surface area contributed by atoms with E-state index in [1.807, 2.05) is 30.3 Å². The van der Waals surface area contributed by atoms with Crippen molar-refractivity contribution in [2.75, 3.05) is 5.32 Å². The Labute approximate surface area is 155 Å². The van der Waals surface area contributed by atoms with Crippen LogP contribution in [0.1, 0.15) is 27.2 Å². The molecular formula is C19H18N6O2. The van der Waals surface area contributed by atoms with Crippen molar-refractivity contribution in [2.45, 2.75) is 19.6 Å². The Morgan fingerprint density at radius 2 is 1.85 bits per heavy atom. The number of benzene rings is 1. The van der Waals surface area contributed by atoms with Crippen molar-refractivity contribution >= 4 is 17.8 Å². The zero-order chi connectivity index (χ0) is 18.6. The summed E-state index contributed by atoms with van der Waals surface area (Å²) in [5.41, 5.74) is 3.12. The fourth-order valence-corrected chi connectivity index (χ4v) is 2.95. The van der Waals surface area contributed by atoms with Crippen LogP contribution in [0.15, 0.2) is 54.9 Å². The van der Waals surface area contributed by atoms with E-state index in [4.69, 9.17) is 0 Å². The number of nitrogens with zero attached hydrogens (tertiary/aromatic N) is 3. The van der Waals surface area contributed by atoms with Gasteiger partial charge in [0, 0.05) is 30.1 Å². The van der Waals surface area contributed by atoms with Crippen LogP contribution < -0.4 is 10.6 Å². The predicted molar refractivity (Wildman–Crippen MR) is 98.7 cm³/mol. The van der Waals surface area contributed by atoms with Crippen LogP contribution in [-0.4, -0.2) is 32.0 Å². The van der Waals surface area contributed by atoms with Crippen LogP contribution in [0.2, 0.25) is 0 Å². The van der Waals surface area contributed by atoms with Gasteiger partial charge in [-0.25, -0.2) is 4.79 Å². The molecule has 0 bridgehead atoms. The number of carbonyl (C=O) groups is 2. The lowest BCUT2D eigenvalue weighted by atomic mass is 10.2. The van der Waals surface area contributed by atoms with Crippen molar-refractivity contribution < 1.29 is 9.59 Å². The second kappa shape index (κ2) is 7.28. The van der Waals surface area contributed by atoms with E-state index in [9.17, 15) is 9.59 Å². The Balaban J connectivity index is 1.38. The summed E-state index contributed by atoms with van der Waals surface area (Å²) in [7, 11) is 0. The molecule has 8 nitrogen and oxygen atoms in total. The number of urea groups is 1. The first-order valence-electron chi connectivity index (χ1n) is 8.55. The summed E-state index contributed by atoms with van der Waals surface area (Å²) in [5, 5.41) is 12.8. The number of hydrogen-bond donors (Lipinski definition) is 3. The minimum Gasteiger partial charge on any atom is -0.334 e. The van der Waals surface area contributed by atoms with Gasteiger partial charge in [-0.1, -0.05) is 30.3 Å². The van der Waals surface area contributed by atoms with E-state index < -0.39 is 0 Å². The largest absolute Gasteiger partial charge is 0.334 e. The minimum atomic E-state index is -0.254. The van der Waals surface area contributed by atoms with Crippen LogP contribution in [0.3, 0.4) is 0 Å². The number of hydrogen-bond acceptors (Lipinski definition) is 4. The third kappa shape index (κ3) is 3.64. The van der Waals surface area contributed by atoms with Crippen LogP contribution in [-0.2, 0) is 19.6 Å². The first-order chi connectivity index (χ1) is 13.2. The van der Waals surface area contributed by atoms with Gasteiger partial charge in [0.1, 0.15) is 5.82 Å². The van der Waals surface area contributed by atoms with Crippen LogP contribution in [0, 0.1) is 0 Å². The SMILES string of the molecule is O=C(Nc1[nH]nc2c1CN(C(=O)NCc1ccccc1)C2)c1ccncc1. The van der Waals surface area contributed by atoms with Gasteiger partial charge >= 0.3 is 6.03 Å². The highest BCUT2D eigenvalue weighted by Crippen LogP contribution is 2.27. The van der Waals surface area contributed by atoms with E-state index in [2.05, 4.69) is 25.8 Å². The molecule has 0 spiro atoms. The maximum Gasteiger partial charge on any atom is 0.318 e. The highest BCUT2D eigenvalue weighted by molar-refractivity contribution is 6.04. The first kappa shape index (κ1) is 16.8. The molecule has 2 aromatic heterocycles. The standard InChI is InChI=1S/C19H18N6O2/c26-18(14-6-8-20-9-7-14)22-17-15-11-25(12-16(15)23-24-17)19(27)21-10-13-4-2-1-3-5-13/h1-9H,10-12H2,(H,21,27)(H2,22,23,24,26). The second-order valence-electron chi connectivity index (χ2n) is 6.21. The normalized spacial score (nSPS) is 12.5. The molecule has 0 saturated heterocycles. The van der Waals surface area contributed by atoms with E-state index in [0.717, 1.165) is 16.8 Å². The monoisotopic (exact) mass is 362 g/mol. The van der Waals surface area contributed by atoms with Crippen LogP contribution in [0.4, 0.5) is 10.6 Å². The number of fused-ring (bicyclic) bond motifs is 1. The zero-order valence-electron chi connectivity index (χ0n) is 14.5. The topological polar surface area (TPSA) is 103 Å². The molecule has 1 aliphatic rings. The second-order valence-corrected chi connectivity index (χ2v) is 6.21. The van der Waals surface area contributed by atoms with E-state index in [1.54, 1.807) is 29.4 Å². The number of anilines is 1. The van der Waals surface area contributed by atoms with Gasteiger partial charge in [0.05, 0.1) is 18.8 Å². The quantitative estimate of drug-likeness (QED) is 0.662. The molecule has 136 valence electrons. The van der Waals surface area contributed by atoms with E-state index in [1.165, 1.54) is 0 Å². The molecule has 0 saturated carbocycles. The van der Waals surface area contributed by atoms with E-state index >= 15 is 0 Å². The molecule has 27 heavy (non-hydrogen) atoms. The van der Waals surface area contributed by atoms with E-state index in [0.29, 0.717) is 31.0 Å². The Hall–Kier alpha value is -3.68. The van der Waals surface area contributed by atoms with Gasteiger partial charge in [-0.3, -0.25) is 14.9 Å². The molecule has 0 unspecified atom stereocenters. The van der Waals surface area contributed by atoms with Crippen LogP contribution in [0.5, 0.6) is 0 Å².